The summed E-state index contributed by atoms with van der Waals surface area (Å²) < 4.78 is 0. The zero-order valence-corrected chi connectivity index (χ0v) is 10.6. The summed E-state index contributed by atoms with van der Waals surface area (Å²) in [5.74, 6) is 2.36. The maximum Gasteiger partial charge on any atom is 0.109 e. The molecule has 0 spiro atoms. The van der Waals surface area contributed by atoms with Crippen molar-refractivity contribution in [2.45, 2.75) is 32.9 Å². The molecule has 2 nitrogen and oxygen atoms in total. The van der Waals surface area contributed by atoms with E-state index in [1.54, 1.807) is 11.3 Å². The molecule has 4 heteroatoms. The average molecular weight is 230 g/mol. The van der Waals surface area contributed by atoms with E-state index in [0.717, 1.165) is 0 Å². The summed E-state index contributed by atoms with van der Waals surface area (Å²) in [4.78, 5) is 4.30. The maximum absolute atomic E-state index is 4.30. The Morgan fingerprint density at radius 2 is 2.36 bits per heavy atom. The van der Waals surface area contributed by atoms with Gasteiger partial charge in [-0.2, -0.15) is 11.8 Å². The summed E-state index contributed by atoms with van der Waals surface area (Å²) >= 11 is 3.69. The molecule has 0 aliphatic carbocycles. The number of hydrogen-bond donors (Lipinski definition) is 1. The van der Waals surface area contributed by atoms with E-state index in [1.807, 2.05) is 23.3 Å². The van der Waals surface area contributed by atoms with Crippen molar-refractivity contribution in [2.24, 2.45) is 0 Å². The van der Waals surface area contributed by atoms with Gasteiger partial charge in [-0.25, -0.2) is 4.98 Å². The minimum Gasteiger partial charge on any atom is -0.305 e. The number of thioether (sulfide) groups is 1. The van der Waals surface area contributed by atoms with Crippen molar-refractivity contribution >= 4 is 23.1 Å². The zero-order chi connectivity index (χ0) is 10.4. The van der Waals surface area contributed by atoms with Crippen LogP contribution in [0.5, 0.6) is 0 Å². The van der Waals surface area contributed by atoms with Gasteiger partial charge in [-0.3, -0.25) is 0 Å². The monoisotopic (exact) mass is 230 g/mol. The summed E-state index contributed by atoms with van der Waals surface area (Å²) in [5.41, 5.74) is 0. The van der Waals surface area contributed by atoms with Crippen molar-refractivity contribution in [3.8, 4) is 0 Å². The van der Waals surface area contributed by atoms with Crippen LogP contribution < -0.4 is 5.32 Å². The molecule has 0 radical (unpaired) electrons. The predicted molar refractivity (Wildman–Crippen MR) is 66.1 cm³/mol. The predicted octanol–water partition coefficient (Wildman–Crippen LogP) is 2.94. The van der Waals surface area contributed by atoms with Gasteiger partial charge in [0, 0.05) is 23.4 Å². The lowest BCUT2D eigenvalue weighted by atomic mass is 10.3. The fourth-order valence-electron chi connectivity index (χ4n) is 1.29. The molecule has 0 saturated carbocycles. The van der Waals surface area contributed by atoms with Crippen LogP contribution in [0.15, 0.2) is 11.6 Å². The molecule has 0 aliphatic heterocycles. The highest BCUT2D eigenvalue weighted by Crippen LogP contribution is 2.16. The van der Waals surface area contributed by atoms with Crippen LogP contribution >= 0.6 is 23.1 Å². The van der Waals surface area contributed by atoms with Crippen LogP contribution in [0.4, 0.5) is 0 Å². The van der Waals surface area contributed by atoms with Crippen molar-refractivity contribution < 1.29 is 0 Å². The number of rotatable bonds is 6. The van der Waals surface area contributed by atoms with E-state index in [4.69, 9.17) is 0 Å². The van der Waals surface area contributed by atoms with Crippen molar-refractivity contribution in [3.63, 3.8) is 0 Å². The fraction of sp³-hybridized carbons (Fsp3) is 0.700. The number of hydrogen-bond acceptors (Lipinski definition) is 4. The minimum absolute atomic E-state index is 0.377. The van der Waals surface area contributed by atoms with Crippen molar-refractivity contribution in [1.29, 1.82) is 0 Å². The third kappa shape index (κ3) is 3.98. The molecule has 0 aliphatic rings. The number of nitrogens with one attached hydrogen (secondary N) is 1. The smallest absolute Gasteiger partial charge is 0.109 e. The molecule has 2 atom stereocenters. The van der Waals surface area contributed by atoms with Crippen molar-refractivity contribution in [2.75, 3.05) is 11.5 Å². The van der Waals surface area contributed by atoms with Gasteiger partial charge in [0.25, 0.3) is 0 Å². The molecule has 0 bridgehead atoms. The first-order valence-corrected chi connectivity index (χ1v) is 7.00. The van der Waals surface area contributed by atoms with Crippen LogP contribution in [0.25, 0.3) is 0 Å². The second-order valence-corrected chi connectivity index (χ2v) is 5.56. The Labute approximate surface area is 94.5 Å². The first kappa shape index (κ1) is 12.0. The normalized spacial score (nSPS) is 15.4. The third-order valence-corrected chi connectivity index (χ3v) is 4.03. The molecule has 1 heterocycles. The Hall–Kier alpha value is -0.0600. The van der Waals surface area contributed by atoms with Crippen LogP contribution in [0.2, 0.25) is 0 Å². The molecule has 1 aromatic heterocycles. The maximum atomic E-state index is 4.30. The number of nitrogens with zero attached hydrogens (tertiary/aromatic N) is 1. The summed E-state index contributed by atoms with van der Waals surface area (Å²) in [7, 11) is 0. The Kier molecular flexibility index (Phi) is 5.52. The molecule has 14 heavy (non-hydrogen) atoms. The highest BCUT2D eigenvalue weighted by atomic mass is 32.2. The first-order chi connectivity index (χ1) is 6.74. The lowest BCUT2D eigenvalue weighted by Crippen LogP contribution is -2.30. The van der Waals surface area contributed by atoms with Gasteiger partial charge in [0.05, 0.1) is 6.04 Å². The molecule has 0 saturated heterocycles. The highest BCUT2D eigenvalue weighted by Gasteiger charge is 2.10. The largest absolute Gasteiger partial charge is 0.305 e. The Balaban J connectivity index is 2.29. The van der Waals surface area contributed by atoms with E-state index < -0.39 is 0 Å². The number of thiazole rings is 1. The molecular weight excluding hydrogens is 212 g/mol. The molecule has 80 valence electrons. The number of aromatic nitrogens is 1. The van der Waals surface area contributed by atoms with Gasteiger partial charge in [0.1, 0.15) is 5.01 Å². The van der Waals surface area contributed by atoms with Gasteiger partial charge >= 0.3 is 0 Å². The lowest BCUT2D eigenvalue weighted by Gasteiger charge is -2.17. The van der Waals surface area contributed by atoms with Gasteiger partial charge in [0.2, 0.25) is 0 Å². The van der Waals surface area contributed by atoms with Crippen LogP contribution in [-0.2, 0) is 0 Å². The summed E-state index contributed by atoms with van der Waals surface area (Å²) in [6.07, 6.45) is 1.86. The van der Waals surface area contributed by atoms with Crippen LogP contribution in [-0.4, -0.2) is 22.5 Å². The lowest BCUT2D eigenvalue weighted by molar-refractivity contribution is 0.509. The zero-order valence-electron chi connectivity index (χ0n) is 8.99. The Bertz CT molecular complexity index is 236. The fourth-order valence-corrected chi connectivity index (χ4v) is 2.63. The molecular formula is C10H18N2S2. The van der Waals surface area contributed by atoms with E-state index in [1.165, 1.54) is 16.5 Å². The van der Waals surface area contributed by atoms with E-state index in [9.17, 15) is 0 Å². The molecule has 1 N–H and O–H groups in total. The molecule has 1 rings (SSSR count). The summed E-state index contributed by atoms with van der Waals surface area (Å²) in [6, 6.07) is 0.932. The van der Waals surface area contributed by atoms with Gasteiger partial charge < -0.3 is 5.32 Å². The molecule has 1 aromatic rings. The quantitative estimate of drug-likeness (QED) is 0.813. The topological polar surface area (TPSA) is 24.9 Å². The van der Waals surface area contributed by atoms with E-state index in [2.05, 4.69) is 31.1 Å². The molecule has 0 amide bonds. The van der Waals surface area contributed by atoms with E-state index in [-0.39, 0.29) is 0 Å². The second kappa shape index (κ2) is 6.43. The molecule has 0 aromatic carbocycles. The SMILES string of the molecule is CCSCC(C)NC(C)c1nccs1. The third-order valence-electron chi connectivity index (χ3n) is 1.93. The Morgan fingerprint density at radius 3 is 2.93 bits per heavy atom. The van der Waals surface area contributed by atoms with Crippen molar-refractivity contribution in [3.05, 3.63) is 16.6 Å². The van der Waals surface area contributed by atoms with Gasteiger partial charge in [0.15, 0.2) is 0 Å². The van der Waals surface area contributed by atoms with Crippen molar-refractivity contribution in [1.82, 2.24) is 10.3 Å². The van der Waals surface area contributed by atoms with E-state index in [0.29, 0.717) is 12.1 Å². The highest BCUT2D eigenvalue weighted by molar-refractivity contribution is 7.99. The first-order valence-electron chi connectivity index (χ1n) is 4.97. The summed E-state index contributed by atoms with van der Waals surface area (Å²) in [6.45, 7) is 6.60. The molecule has 2 unspecified atom stereocenters. The van der Waals surface area contributed by atoms with Gasteiger partial charge in [-0.15, -0.1) is 11.3 Å². The van der Waals surface area contributed by atoms with Crippen LogP contribution in [0, 0.1) is 0 Å². The second-order valence-electron chi connectivity index (χ2n) is 3.32. The minimum atomic E-state index is 0.377. The summed E-state index contributed by atoms with van der Waals surface area (Å²) in [5, 5.41) is 6.75. The standard InChI is InChI=1S/C10H18N2S2/c1-4-13-7-8(2)12-9(3)10-11-5-6-14-10/h5-6,8-9,12H,4,7H2,1-3H3. The van der Waals surface area contributed by atoms with Crippen LogP contribution in [0.1, 0.15) is 31.8 Å². The molecule has 0 fully saturated rings. The Morgan fingerprint density at radius 1 is 1.57 bits per heavy atom. The average Bonchev–Trinajstić information content (AvgIpc) is 2.67. The van der Waals surface area contributed by atoms with E-state index >= 15 is 0 Å². The van der Waals surface area contributed by atoms with Crippen LogP contribution in [0.3, 0.4) is 0 Å². The van der Waals surface area contributed by atoms with Gasteiger partial charge in [-0.1, -0.05) is 6.92 Å². The van der Waals surface area contributed by atoms with Gasteiger partial charge in [-0.05, 0) is 19.6 Å².